The molecule has 1 atom stereocenters. The van der Waals surface area contributed by atoms with Crippen LogP contribution in [0.2, 0.25) is 0 Å². The third-order valence-corrected chi connectivity index (χ3v) is 3.08. The molecule has 2 rings (SSSR count). The number of carbonyl (C=O) groups is 1. The summed E-state index contributed by atoms with van der Waals surface area (Å²) in [5, 5.41) is 12.6. The fraction of sp³-hybridized carbons (Fsp3) is 0.462. The number of nitrogens with one attached hydrogen (secondary N) is 1. The maximum absolute atomic E-state index is 12.1. The minimum absolute atomic E-state index is 0.116. The molecule has 0 bridgehead atoms. The summed E-state index contributed by atoms with van der Waals surface area (Å²) in [7, 11) is 1.36. The van der Waals surface area contributed by atoms with E-state index in [1.807, 2.05) is 6.92 Å². The molecular weight excluding hydrogens is 234 g/mol. The van der Waals surface area contributed by atoms with Gasteiger partial charge in [0.15, 0.2) is 5.54 Å². The summed E-state index contributed by atoms with van der Waals surface area (Å²) < 4.78 is 10.4. The normalized spacial score (nSPS) is 21.2. The Balaban J connectivity index is 2.42. The summed E-state index contributed by atoms with van der Waals surface area (Å²) >= 11 is 0. The van der Waals surface area contributed by atoms with Gasteiger partial charge in [-0.05, 0) is 25.1 Å². The van der Waals surface area contributed by atoms with E-state index in [-0.39, 0.29) is 18.3 Å². The number of benzene rings is 1. The first-order chi connectivity index (χ1) is 8.64. The number of hydrogen-bond acceptors (Lipinski definition) is 5. The van der Waals surface area contributed by atoms with Gasteiger partial charge in [-0.2, -0.15) is 0 Å². The van der Waals surface area contributed by atoms with Crippen LogP contribution in [0, 0.1) is 0 Å². The first kappa shape index (κ1) is 12.7. The molecule has 0 radical (unpaired) electrons. The van der Waals surface area contributed by atoms with E-state index in [0.29, 0.717) is 17.9 Å². The maximum Gasteiger partial charge on any atom is 0.334 e. The lowest BCUT2D eigenvalue weighted by molar-refractivity contribution is -0.149. The van der Waals surface area contributed by atoms with Crippen molar-refractivity contribution < 1.29 is 19.4 Å². The van der Waals surface area contributed by atoms with E-state index in [9.17, 15) is 9.90 Å². The third kappa shape index (κ3) is 1.90. The average molecular weight is 251 g/mol. The summed E-state index contributed by atoms with van der Waals surface area (Å²) in [5.41, 5.74) is -0.256. The van der Waals surface area contributed by atoms with Gasteiger partial charge in [-0.3, -0.25) is 5.32 Å². The Morgan fingerprint density at radius 3 is 3.06 bits per heavy atom. The summed E-state index contributed by atoms with van der Waals surface area (Å²) in [5.74, 6) is 0.259. The smallest absolute Gasteiger partial charge is 0.334 e. The van der Waals surface area contributed by atoms with Gasteiger partial charge < -0.3 is 14.6 Å². The molecule has 1 aromatic carbocycles. The van der Waals surface area contributed by atoms with Crippen LogP contribution < -0.4 is 10.1 Å². The number of phenols is 1. The van der Waals surface area contributed by atoms with Gasteiger partial charge in [0.25, 0.3) is 0 Å². The highest BCUT2D eigenvalue weighted by molar-refractivity contribution is 5.85. The number of phenolic OH excluding ortho intramolecular Hbond substituents is 1. The second-order valence-corrected chi connectivity index (χ2v) is 4.29. The highest BCUT2D eigenvalue weighted by atomic mass is 16.5. The molecule has 0 saturated carbocycles. The van der Waals surface area contributed by atoms with Crippen molar-refractivity contribution in [3.05, 3.63) is 23.8 Å². The lowest BCUT2D eigenvalue weighted by Gasteiger charge is -2.26. The van der Waals surface area contributed by atoms with Crippen molar-refractivity contribution in [2.24, 2.45) is 0 Å². The van der Waals surface area contributed by atoms with E-state index < -0.39 is 5.54 Å². The zero-order valence-electron chi connectivity index (χ0n) is 10.5. The van der Waals surface area contributed by atoms with Gasteiger partial charge in [0.1, 0.15) is 18.1 Å². The number of carbonyl (C=O) groups excluding carboxylic acids is 1. The summed E-state index contributed by atoms with van der Waals surface area (Å²) in [4.78, 5) is 12.1. The fourth-order valence-electron chi connectivity index (χ4n) is 2.15. The number of aromatic hydroxyl groups is 1. The maximum atomic E-state index is 12.1. The van der Waals surface area contributed by atoms with Crippen molar-refractivity contribution in [1.29, 1.82) is 0 Å². The summed E-state index contributed by atoms with van der Waals surface area (Å²) in [6.07, 6.45) is 0.895. The molecule has 1 heterocycles. The highest BCUT2D eigenvalue weighted by Crippen LogP contribution is 2.39. The zero-order valence-corrected chi connectivity index (χ0v) is 10.5. The molecule has 0 aliphatic carbocycles. The standard InChI is InChI=1S/C13H17NO4/c1-3-6-14-13(12(16)17-2)8-18-11-7-9(15)4-5-10(11)13/h4-5,7,14-15H,3,6,8H2,1-2H3. The molecule has 5 nitrogen and oxygen atoms in total. The molecule has 1 aromatic rings. The van der Waals surface area contributed by atoms with Gasteiger partial charge >= 0.3 is 5.97 Å². The molecule has 1 unspecified atom stereocenters. The molecule has 0 fully saturated rings. The Kier molecular flexibility index (Phi) is 3.43. The second-order valence-electron chi connectivity index (χ2n) is 4.29. The minimum Gasteiger partial charge on any atom is -0.508 e. The highest BCUT2D eigenvalue weighted by Gasteiger charge is 2.48. The van der Waals surface area contributed by atoms with Crippen LogP contribution in [0.3, 0.4) is 0 Å². The van der Waals surface area contributed by atoms with E-state index >= 15 is 0 Å². The van der Waals surface area contributed by atoms with Crippen molar-refractivity contribution in [2.45, 2.75) is 18.9 Å². The molecule has 18 heavy (non-hydrogen) atoms. The summed E-state index contributed by atoms with van der Waals surface area (Å²) in [6.45, 7) is 2.88. The van der Waals surface area contributed by atoms with Crippen LogP contribution in [-0.4, -0.2) is 31.3 Å². The molecule has 5 heteroatoms. The Hall–Kier alpha value is -1.75. The van der Waals surface area contributed by atoms with Crippen molar-refractivity contribution >= 4 is 5.97 Å². The minimum atomic E-state index is -0.964. The van der Waals surface area contributed by atoms with Crippen LogP contribution in [0.25, 0.3) is 0 Å². The fourth-order valence-corrected chi connectivity index (χ4v) is 2.15. The van der Waals surface area contributed by atoms with Crippen LogP contribution in [0.1, 0.15) is 18.9 Å². The van der Waals surface area contributed by atoms with E-state index in [2.05, 4.69) is 5.32 Å². The first-order valence-corrected chi connectivity index (χ1v) is 5.94. The Bertz CT molecular complexity index is 460. The molecule has 0 aromatic heterocycles. The molecule has 1 aliphatic heterocycles. The Morgan fingerprint density at radius 2 is 2.39 bits per heavy atom. The quantitative estimate of drug-likeness (QED) is 0.786. The van der Waals surface area contributed by atoms with E-state index in [1.165, 1.54) is 13.2 Å². The van der Waals surface area contributed by atoms with Crippen LogP contribution in [0.5, 0.6) is 11.5 Å². The van der Waals surface area contributed by atoms with E-state index in [0.717, 1.165) is 6.42 Å². The third-order valence-electron chi connectivity index (χ3n) is 3.08. The number of ether oxygens (including phenoxy) is 2. The van der Waals surface area contributed by atoms with Gasteiger partial charge in [-0.15, -0.1) is 0 Å². The van der Waals surface area contributed by atoms with Crippen LogP contribution in [0.4, 0.5) is 0 Å². The lowest BCUT2D eigenvalue weighted by atomic mass is 9.91. The predicted octanol–water partition coefficient (Wildman–Crippen LogP) is 1.15. The Morgan fingerprint density at radius 1 is 1.61 bits per heavy atom. The molecule has 0 saturated heterocycles. The monoisotopic (exact) mass is 251 g/mol. The van der Waals surface area contributed by atoms with Crippen molar-refractivity contribution in [3.8, 4) is 11.5 Å². The second kappa shape index (κ2) is 4.86. The number of hydrogen-bond donors (Lipinski definition) is 2. The predicted molar refractivity (Wildman–Crippen MR) is 65.6 cm³/mol. The van der Waals surface area contributed by atoms with Crippen LogP contribution in [0.15, 0.2) is 18.2 Å². The number of methoxy groups -OCH3 is 1. The van der Waals surface area contributed by atoms with Crippen LogP contribution >= 0.6 is 0 Å². The molecular formula is C13H17NO4. The van der Waals surface area contributed by atoms with E-state index in [1.54, 1.807) is 12.1 Å². The largest absolute Gasteiger partial charge is 0.508 e. The van der Waals surface area contributed by atoms with Crippen molar-refractivity contribution in [3.63, 3.8) is 0 Å². The summed E-state index contributed by atoms with van der Waals surface area (Å²) in [6, 6.07) is 4.74. The molecule has 1 aliphatic rings. The number of fused-ring (bicyclic) bond motifs is 1. The average Bonchev–Trinajstić information content (AvgIpc) is 2.74. The van der Waals surface area contributed by atoms with Crippen LogP contribution in [-0.2, 0) is 15.1 Å². The number of rotatable bonds is 4. The lowest BCUT2D eigenvalue weighted by Crippen LogP contribution is -2.51. The van der Waals surface area contributed by atoms with Gasteiger partial charge in [-0.1, -0.05) is 6.92 Å². The molecule has 2 N–H and O–H groups in total. The number of esters is 1. The Labute approximate surface area is 106 Å². The van der Waals surface area contributed by atoms with Crippen molar-refractivity contribution in [2.75, 3.05) is 20.3 Å². The zero-order chi connectivity index (χ0) is 13.2. The van der Waals surface area contributed by atoms with E-state index in [4.69, 9.17) is 9.47 Å². The van der Waals surface area contributed by atoms with Gasteiger partial charge in [-0.25, -0.2) is 4.79 Å². The topological polar surface area (TPSA) is 67.8 Å². The molecule has 98 valence electrons. The van der Waals surface area contributed by atoms with Gasteiger partial charge in [0, 0.05) is 11.6 Å². The molecule has 0 spiro atoms. The SMILES string of the molecule is CCCNC1(C(=O)OC)COc2cc(O)ccc21. The molecule has 0 amide bonds. The van der Waals surface area contributed by atoms with Gasteiger partial charge in [0.2, 0.25) is 0 Å². The van der Waals surface area contributed by atoms with Crippen molar-refractivity contribution in [1.82, 2.24) is 5.32 Å². The van der Waals surface area contributed by atoms with Gasteiger partial charge in [0.05, 0.1) is 7.11 Å². The first-order valence-electron chi connectivity index (χ1n) is 5.94.